The van der Waals surface area contributed by atoms with E-state index < -0.39 is 0 Å². The molecule has 2 amide bonds. The van der Waals surface area contributed by atoms with Gasteiger partial charge >= 0.3 is 0 Å². The molecule has 0 aromatic carbocycles. The Morgan fingerprint density at radius 3 is 2.73 bits per heavy atom. The molecular weight excluding hydrogens is 380 g/mol. The van der Waals surface area contributed by atoms with Gasteiger partial charge in [-0.15, -0.1) is 0 Å². The third-order valence-electron chi connectivity index (χ3n) is 4.79. The van der Waals surface area contributed by atoms with Crippen LogP contribution in [0.5, 0.6) is 0 Å². The van der Waals surface area contributed by atoms with Crippen LogP contribution in [0.25, 0.3) is 0 Å². The maximum atomic E-state index is 12.3. The number of hydrogen-bond donors (Lipinski definition) is 1. The Labute approximate surface area is 176 Å². The predicted octanol–water partition coefficient (Wildman–Crippen LogP) is 3.60. The monoisotopic (exact) mass is 408 g/mol. The Morgan fingerprint density at radius 1 is 1.13 bits per heavy atom. The number of rotatable bonds is 10. The third kappa shape index (κ3) is 5.59. The van der Waals surface area contributed by atoms with Crippen LogP contribution in [0.4, 0.5) is 0 Å². The van der Waals surface area contributed by atoms with E-state index in [-0.39, 0.29) is 17.6 Å². The summed E-state index contributed by atoms with van der Waals surface area (Å²) in [7, 11) is 0. The summed E-state index contributed by atoms with van der Waals surface area (Å²) in [6, 6.07) is 13.0. The second kappa shape index (κ2) is 10.4. The summed E-state index contributed by atoms with van der Waals surface area (Å²) in [4.78, 5) is 30.6. The van der Waals surface area contributed by atoms with Gasteiger partial charge in [-0.1, -0.05) is 19.9 Å². The summed E-state index contributed by atoms with van der Waals surface area (Å²) >= 11 is 0. The molecule has 3 heterocycles. The summed E-state index contributed by atoms with van der Waals surface area (Å²) in [6.07, 6.45) is 5.06. The van der Waals surface area contributed by atoms with Crippen molar-refractivity contribution in [3.8, 4) is 0 Å². The molecule has 0 saturated carbocycles. The zero-order valence-electron chi connectivity index (χ0n) is 17.5. The zero-order chi connectivity index (χ0) is 21.3. The second-order valence-electron chi connectivity index (χ2n) is 7.07. The molecule has 0 saturated heterocycles. The minimum atomic E-state index is -0.276. The van der Waals surface area contributed by atoms with E-state index in [1.54, 1.807) is 18.3 Å². The molecule has 0 spiro atoms. The lowest BCUT2D eigenvalue weighted by molar-refractivity contribution is -0.131. The maximum Gasteiger partial charge on any atom is 0.287 e. The Kier molecular flexibility index (Phi) is 7.43. The van der Waals surface area contributed by atoms with Crippen molar-refractivity contribution >= 4 is 11.8 Å². The van der Waals surface area contributed by atoms with Gasteiger partial charge in [-0.25, -0.2) is 0 Å². The second-order valence-corrected chi connectivity index (χ2v) is 7.07. The highest BCUT2D eigenvalue weighted by molar-refractivity contribution is 5.91. The van der Waals surface area contributed by atoms with Gasteiger partial charge in [-0.05, 0) is 42.8 Å². The highest BCUT2D eigenvalue weighted by Gasteiger charge is 2.15. The molecule has 0 fully saturated rings. The van der Waals surface area contributed by atoms with Crippen molar-refractivity contribution in [2.24, 2.45) is 0 Å². The van der Waals surface area contributed by atoms with E-state index in [9.17, 15) is 9.59 Å². The van der Waals surface area contributed by atoms with E-state index in [1.807, 2.05) is 52.9 Å². The van der Waals surface area contributed by atoms with E-state index >= 15 is 0 Å². The first kappa shape index (κ1) is 21.4. The van der Waals surface area contributed by atoms with E-state index in [0.717, 1.165) is 24.4 Å². The molecule has 1 N–H and O–H groups in total. The zero-order valence-corrected chi connectivity index (χ0v) is 17.5. The van der Waals surface area contributed by atoms with Crippen molar-refractivity contribution in [1.29, 1.82) is 0 Å². The minimum Gasteiger partial charge on any atom is -0.454 e. The fourth-order valence-corrected chi connectivity index (χ4v) is 3.24. The molecule has 0 radical (unpaired) electrons. The van der Waals surface area contributed by atoms with Crippen LogP contribution in [0, 0.1) is 0 Å². The molecule has 158 valence electrons. The van der Waals surface area contributed by atoms with Crippen LogP contribution >= 0.6 is 0 Å². The normalized spacial score (nSPS) is 10.7. The van der Waals surface area contributed by atoms with Crippen molar-refractivity contribution in [3.63, 3.8) is 0 Å². The summed E-state index contributed by atoms with van der Waals surface area (Å²) in [6.45, 7) is 6.09. The molecule has 30 heavy (non-hydrogen) atoms. The Hall–Kier alpha value is -3.35. The van der Waals surface area contributed by atoms with Gasteiger partial charge in [-0.2, -0.15) is 0 Å². The van der Waals surface area contributed by atoms with Gasteiger partial charge < -0.3 is 19.2 Å². The SMILES string of the molecule is CCCN(Cc1cccn1Cc1ccc(C(=O)NCc2ccccn2)o1)C(=O)CC. The highest BCUT2D eigenvalue weighted by atomic mass is 16.4. The smallest absolute Gasteiger partial charge is 0.287 e. The predicted molar refractivity (Wildman–Crippen MR) is 114 cm³/mol. The van der Waals surface area contributed by atoms with Gasteiger partial charge in [0, 0.05) is 31.1 Å². The Morgan fingerprint density at radius 2 is 2.00 bits per heavy atom. The number of pyridine rings is 1. The number of nitrogens with zero attached hydrogens (tertiary/aromatic N) is 3. The van der Waals surface area contributed by atoms with Crippen molar-refractivity contribution in [1.82, 2.24) is 19.8 Å². The molecule has 7 nitrogen and oxygen atoms in total. The molecule has 0 aliphatic rings. The van der Waals surface area contributed by atoms with Crippen LogP contribution in [-0.4, -0.2) is 32.8 Å². The first-order valence-electron chi connectivity index (χ1n) is 10.3. The molecule has 0 aliphatic carbocycles. The molecule has 0 bridgehead atoms. The lowest BCUT2D eigenvalue weighted by atomic mass is 10.3. The van der Waals surface area contributed by atoms with Gasteiger partial charge in [0.1, 0.15) is 5.76 Å². The maximum absolute atomic E-state index is 12.3. The fourth-order valence-electron chi connectivity index (χ4n) is 3.24. The van der Waals surface area contributed by atoms with Crippen molar-refractivity contribution in [2.45, 2.75) is 46.3 Å². The summed E-state index contributed by atoms with van der Waals surface area (Å²) in [5, 5.41) is 2.81. The van der Waals surface area contributed by atoms with Gasteiger partial charge in [0.2, 0.25) is 5.91 Å². The standard InChI is InChI=1S/C23H28N4O3/c1-3-13-27(22(28)4-2)16-19-9-7-14-26(19)17-20-10-11-21(30-20)23(29)25-15-18-8-5-6-12-24-18/h5-12,14H,3-4,13,15-17H2,1-2H3,(H,25,29). The third-order valence-corrected chi connectivity index (χ3v) is 4.79. The molecule has 0 aliphatic heterocycles. The topological polar surface area (TPSA) is 80.4 Å². The molecule has 3 aromatic heterocycles. The summed E-state index contributed by atoms with van der Waals surface area (Å²) < 4.78 is 7.79. The van der Waals surface area contributed by atoms with Crippen LogP contribution in [0.15, 0.2) is 59.3 Å². The number of carbonyl (C=O) groups is 2. The number of aromatic nitrogens is 2. The van der Waals surface area contributed by atoms with E-state index in [1.165, 1.54) is 0 Å². The molecule has 3 rings (SSSR count). The molecular formula is C23H28N4O3. The molecule has 0 unspecified atom stereocenters. The van der Waals surface area contributed by atoms with Crippen LogP contribution in [0.3, 0.4) is 0 Å². The average Bonchev–Trinajstić information content (AvgIpc) is 3.42. The largest absolute Gasteiger partial charge is 0.454 e. The summed E-state index contributed by atoms with van der Waals surface area (Å²) in [5.74, 6) is 0.819. The van der Waals surface area contributed by atoms with E-state index in [0.29, 0.717) is 31.8 Å². The van der Waals surface area contributed by atoms with E-state index in [2.05, 4.69) is 17.2 Å². The van der Waals surface area contributed by atoms with E-state index in [4.69, 9.17) is 4.42 Å². The lowest BCUT2D eigenvalue weighted by Crippen LogP contribution is -2.31. The van der Waals surface area contributed by atoms with Gasteiger partial charge in [0.25, 0.3) is 5.91 Å². The lowest BCUT2D eigenvalue weighted by Gasteiger charge is -2.22. The van der Waals surface area contributed by atoms with Crippen molar-refractivity contribution < 1.29 is 14.0 Å². The number of carbonyl (C=O) groups excluding carboxylic acids is 2. The first-order valence-corrected chi connectivity index (χ1v) is 10.3. The molecule has 3 aromatic rings. The minimum absolute atomic E-state index is 0.148. The Balaban J connectivity index is 1.61. The first-order chi connectivity index (χ1) is 14.6. The van der Waals surface area contributed by atoms with Gasteiger partial charge in [0.05, 0.1) is 25.3 Å². The van der Waals surface area contributed by atoms with Crippen molar-refractivity contribution in [2.75, 3.05) is 6.54 Å². The number of amides is 2. The number of furan rings is 1. The number of hydrogen-bond acceptors (Lipinski definition) is 4. The van der Waals surface area contributed by atoms with Gasteiger partial charge in [-0.3, -0.25) is 14.6 Å². The quantitative estimate of drug-likeness (QED) is 0.556. The number of nitrogens with one attached hydrogen (secondary N) is 1. The van der Waals surface area contributed by atoms with Crippen LogP contribution in [0.1, 0.15) is 54.4 Å². The van der Waals surface area contributed by atoms with Crippen LogP contribution in [0.2, 0.25) is 0 Å². The van der Waals surface area contributed by atoms with Crippen LogP contribution < -0.4 is 5.32 Å². The molecule has 7 heteroatoms. The summed E-state index contributed by atoms with van der Waals surface area (Å²) in [5.41, 5.74) is 1.82. The van der Waals surface area contributed by atoms with Crippen LogP contribution in [-0.2, 0) is 24.4 Å². The average molecular weight is 409 g/mol. The fraction of sp³-hybridized carbons (Fsp3) is 0.348. The molecule has 0 atom stereocenters. The van der Waals surface area contributed by atoms with Gasteiger partial charge in [0.15, 0.2) is 5.76 Å². The van der Waals surface area contributed by atoms with Crippen molar-refractivity contribution in [3.05, 3.63) is 77.8 Å². The highest BCUT2D eigenvalue weighted by Crippen LogP contribution is 2.14. The Bertz CT molecular complexity index is 962.